The summed E-state index contributed by atoms with van der Waals surface area (Å²) in [4.78, 5) is 16.2. The van der Waals surface area contributed by atoms with Gasteiger partial charge in [-0.25, -0.2) is 4.98 Å². The highest BCUT2D eigenvalue weighted by Gasteiger charge is 2.28. The zero-order chi connectivity index (χ0) is 13.1. The smallest absolute Gasteiger partial charge is 0.253 e. The van der Waals surface area contributed by atoms with Crippen molar-refractivity contribution in [2.75, 3.05) is 0 Å². The summed E-state index contributed by atoms with van der Waals surface area (Å²) >= 11 is 3.27. The minimum atomic E-state index is -0.0130. The van der Waals surface area contributed by atoms with Crippen molar-refractivity contribution in [1.29, 1.82) is 0 Å². The van der Waals surface area contributed by atoms with Crippen LogP contribution in [0.3, 0.4) is 0 Å². The maximum absolute atomic E-state index is 12.1. The summed E-state index contributed by atoms with van der Waals surface area (Å²) in [5.74, 6) is 1.22. The molecule has 3 unspecified atom stereocenters. The lowest BCUT2D eigenvalue weighted by Gasteiger charge is -2.34. The summed E-state index contributed by atoms with van der Waals surface area (Å²) < 4.78 is 0.749. The summed E-state index contributed by atoms with van der Waals surface area (Å²) in [5.41, 5.74) is 0.628. The van der Waals surface area contributed by atoms with Crippen LogP contribution in [-0.2, 0) is 0 Å². The number of carbonyl (C=O) groups is 1. The zero-order valence-electron chi connectivity index (χ0n) is 10.8. The molecule has 1 aliphatic carbocycles. The second-order valence-electron chi connectivity index (χ2n) is 5.22. The van der Waals surface area contributed by atoms with Gasteiger partial charge in [0.2, 0.25) is 0 Å². The van der Waals surface area contributed by atoms with Crippen LogP contribution < -0.4 is 5.32 Å². The molecule has 0 bridgehead atoms. The van der Waals surface area contributed by atoms with Crippen molar-refractivity contribution in [3.05, 3.63) is 28.5 Å². The molecular formula is C14H19BrN2O. The number of nitrogens with zero attached hydrogens (tertiary/aromatic N) is 1. The lowest BCUT2D eigenvalue weighted by Crippen LogP contribution is -2.43. The molecule has 0 saturated heterocycles. The van der Waals surface area contributed by atoms with Crippen LogP contribution in [0.25, 0.3) is 0 Å². The number of nitrogens with one attached hydrogen (secondary N) is 1. The van der Waals surface area contributed by atoms with E-state index in [4.69, 9.17) is 0 Å². The molecule has 1 fully saturated rings. The van der Waals surface area contributed by atoms with Gasteiger partial charge >= 0.3 is 0 Å². The van der Waals surface area contributed by atoms with E-state index in [1.165, 1.54) is 12.8 Å². The van der Waals surface area contributed by atoms with Crippen molar-refractivity contribution < 1.29 is 4.79 Å². The van der Waals surface area contributed by atoms with Crippen molar-refractivity contribution in [2.45, 2.75) is 39.2 Å². The van der Waals surface area contributed by atoms with Crippen molar-refractivity contribution in [3.63, 3.8) is 0 Å². The van der Waals surface area contributed by atoms with Gasteiger partial charge in [-0.05, 0) is 46.3 Å². The van der Waals surface area contributed by atoms with E-state index in [9.17, 15) is 4.79 Å². The normalized spacial score (nSPS) is 27.8. The molecule has 18 heavy (non-hydrogen) atoms. The molecule has 0 aromatic carbocycles. The molecule has 1 aromatic rings. The van der Waals surface area contributed by atoms with Gasteiger partial charge in [0.1, 0.15) is 4.60 Å². The van der Waals surface area contributed by atoms with Crippen molar-refractivity contribution in [3.8, 4) is 0 Å². The van der Waals surface area contributed by atoms with Gasteiger partial charge in [-0.2, -0.15) is 0 Å². The quantitative estimate of drug-likeness (QED) is 0.851. The van der Waals surface area contributed by atoms with E-state index in [0.29, 0.717) is 23.4 Å². The van der Waals surface area contributed by atoms with Gasteiger partial charge in [-0.15, -0.1) is 0 Å². The molecule has 3 atom stereocenters. The van der Waals surface area contributed by atoms with Crippen molar-refractivity contribution >= 4 is 21.8 Å². The van der Waals surface area contributed by atoms with Crippen LogP contribution in [0.2, 0.25) is 0 Å². The minimum absolute atomic E-state index is 0.0130. The summed E-state index contributed by atoms with van der Waals surface area (Å²) in [6, 6.07) is 3.88. The number of hydrogen-bond donors (Lipinski definition) is 1. The van der Waals surface area contributed by atoms with Crippen LogP contribution in [0.1, 0.15) is 43.5 Å². The molecule has 1 N–H and O–H groups in total. The Balaban J connectivity index is 2.00. The molecule has 1 heterocycles. The van der Waals surface area contributed by atoms with Crippen LogP contribution in [0.15, 0.2) is 22.9 Å². The first-order valence-corrected chi connectivity index (χ1v) is 7.29. The zero-order valence-corrected chi connectivity index (χ0v) is 12.4. The topological polar surface area (TPSA) is 42.0 Å². The summed E-state index contributed by atoms with van der Waals surface area (Å²) in [6.45, 7) is 4.50. The summed E-state index contributed by atoms with van der Waals surface area (Å²) in [7, 11) is 0. The molecule has 1 amide bonds. The number of carbonyl (C=O) groups excluding carboxylic acids is 1. The van der Waals surface area contributed by atoms with Crippen LogP contribution in [-0.4, -0.2) is 16.9 Å². The molecule has 4 heteroatoms. The Hall–Kier alpha value is -0.900. The van der Waals surface area contributed by atoms with E-state index in [1.807, 2.05) is 0 Å². The van der Waals surface area contributed by atoms with Crippen molar-refractivity contribution in [2.24, 2.45) is 11.8 Å². The van der Waals surface area contributed by atoms with E-state index < -0.39 is 0 Å². The highest BCUT2D eigenvalue weighted by Crippen LogP contribution is 2.29. The van der Waals surface area contributed by atoms with Gasteiger partial charge in [0.25, 0.3) is 5.91 Å². The molecule has 98 valence electrons. The van der Waals surface area contributed by atoms with E-state index in [0.717, 1.165) is 11.0 Å². The molecule has 1 saturated carbocycles. The fourth-order valence-electron chi connectivity index (χ4n) is 2.55. The third-order valence-corrected chi connectivity index (χ3v) is 4.48. The molecule has 1 aromatic heterocycles. The number of pyridine rings is 1. The largest absolute Gasteiger partial charge is 0.349 e. The van der Waals surface area contributed by atoms with E-state index >= 15 is 0 Å². The van der Waals surface area contributed by atoms with Crippen LogP contribution in [0.4, 0.5) is 0 Å². The number of aromatic nitrogens is 1. The second kappa shape index (κ2) is 5.83. The van der Waals surface area contributed by atoms with Gasteiger partial charge in [0, 0.05) is 12.2 Å². The first-order valence-electron chi connectivity index (χ1n) is 6.50. The fourth-order valence-corrected chi connectivity index (χ4v) is 2.78. The van der Waals surface area contributed by atoms with E-state index in [-0.39, 0.29) is 5.91 Å². The van der Waals surface area contributed by atoms with E-state index in [2.05, 4.69) is 40.1 Å². The standard InChI is InChI=1S/C14H19BrN2O/c1-9-4-3-5-12(10(9)2)17-14(18)11-6-7-13(15)16-8-11/h6-10,12H,3-5H2,1-2H3,(H,17,18). The third-order valence-electron chi connectivity index (χ3n) is 4.01. The SMILES string of the molecule is CC1CCCC(NC(=O)c2ccc(Br)nc2)C1C. The molecule has 0 radical (unpaired) electrons. The Kier molecular flexibility index (Phi) is 4.38. The Morgan fingerprint density at radius 3 is 2.83 bits per heavy atom. The summed E-state index contributed by atoms with van der Waals surface area (Å²) in [5, 5.41) is 3.14. The molecular weight excluding hydrogens is 292 g/mol. The molecule has 3 nitrogen and oxygen atoms in total. The highest BCUT2D eigenvalue weighted by atomic mass is 79.9. The van der Waals surface area contributed by atoms with Crippen LogP contribution in [0, 0.1) is 11.8 Å². The molecule has 0 spiro atoms. The van der Waals surface area contributed by atoms with E-state index in [1.54, 1.807) is 18.3 Å². The first-order chi connectivity index (χ1) is 8.58. The minimum Gasteiger partial charge on any atom is -0.349 e. The Morgan fingerprint density at radius 1 is 1.39 bits per heavy atom. The highest BCUT2D eigenvalue weighted by molar-refractivity contribution is 9.10. The fraction of sp³-hybridized carbons (Fsp3) is 0.571. The lowest BCUT2D eigenvalue weighted by atomic mass is 9.78. The number of hydrogen-bond acceptors (Lipinski definition) is 2. The number of halogens is 1. The van der Waals surface area contributed by atoms with Gasteiger partial charge in [-0.1, -0.05) is 26.7 Å². The van der Waals surface area contributed by atoms with Crippen molar-refractivity contribution in [1.82, 2.24) is 10.3 Å². The predicted molar refractivity (Wildman–Crippen MR) is 75.4 cm³/mol. The number of rotatable bonds is 2. The average molecular weight is 311 g/mol. The van der Waals surface area contributed by atoms with Gasteiger partial charge in [-0.3, -0.25) is 4.79 Å². The molecule has 0 aliphatic heterocycles. The van der Waals surface area contributed by atoms with Crippen LogP contribution in [0.5, 0.6) is 0 Å². The predicted octanol–water partition coefficient (Wildman–Crippen LogP) is 3.40. The lowest BCUT2D eigenvalue weighted by molar-refractivity contribution is 0.0890. The molecule has 2 rings (SSSR count). The monoisotopic (exact) mass is 310 g/mol. The van der Waals surface area contributed by atoms with Gasteiger partial charge in [0.15, 0.2) is 0 Å². The second-order valence-corrected chi connectivity index (χ2v) is 6.03. The maximum Gasteiger partial charge on any atom is 0.253 e. The van der Waals surface area contributed by atoms with Crippen LogP contribution >= 0.6 is 15.9 Å². The maximum atomic E-state index is 12.1. The van der Waals surface area contributed by atoms with Gasteiger partial charge < -0.3 is 5.32 Å². The third kappa shape index (κ3) is 3.10. The summed E-state index contributed by atoms with van der Waals surface area (Å²) in [6.07, 6.45) is 5.17. The Labute approximate surface area is 117 Å². The average Bonchev–Trinajstić information content (AvgIpc) is 2.36. The number of amides is 1. The first kappa shape index (κ1) is 13.5. The Morgan fingerprint density at radius 2 is 2.17 bits per heavy atom. The Bertz CT molecular complexity index is 418. The molecule has 1 aliphatic rings. The van der Waals surface area contributed by atoms with Gasteiger partial charge in [0.05, 0.1) is 5.56 Å².